The van der Waals surface area contributed by atoms with E-state index in [1.807, 2.05) is 33.8 Å². The number of rotatable bonds is 8. The van der Waals surface area contributed by atoms with Crippen LogP contribution in [0.2, 0.25) is 0 Å². The molecule has 4 heterocycles. The summed E-state index contributed by atoms with van der Waals surface area (Å²) in [6, 6.07) is 9.30. The van der Waals surface area contributed by atoms with Crippen LogP contribution in [0.25, 0.3) is 16.6 Å². The molecule has 0 bridgehead atoms. The number of ether oxygens (including phenoxy) is 2. The van der Waals surface area contributed by atoms with Gasteiger partial charge in [-0.15, -0.1) is 0 Å². The average Bonchev–Trinajstić information content (AvgIpc) is 3.57. The molecule has 1 aromatic carbocycles. The van der Waals surface area contributed by atoms with Gasteiger partial charge in [-0.05, 0) is 44.4 Å². The van der Waals surface area contributed by atoms with Crippen LogP contribution >= 0.6 is 0 Å². The lowest BCUT2D eigenvalue weighted by Gasteiger charge is -2.20. The van der Waals surface area contributed by atoms with E-state index in [2.05, 4.69) is 15.5 Å². The Morgan fingerprint density at radius 3 is 2.76 bits per heavy atom. The lowest BCUT2D eigenvalue weighted by Crippen LogP contribution is -2.36. The van der Waals surface area contributed by atoms with Crippen LogP contribution in [-0.2, 0) is 20.8 Å². The molecule has 3 aromatic heterocycles. The Labute approximate surface area is 219 Å². The molecule has 0 spiro atoms. The van der Waals surface area contributed by atoms with E-state index in [9.17, 15) is 14.7 Å². The van der Waals surface area contributed by atoms with Gasteiger partial charge in [0, 0.05) is 29.9 Å². The largest absolute Gasteiger partial charge is 0.507 e. The molecule has 1 amide bonds. The summed E-state index contributed by atoms with van der Waals surface area (Å²) in [4.78, 5) is 26.5. The van der Waals surface area contributed by atoms with Crippen molar-refractivity contribution in [1.82, 2.24) is 24.1 Å². The number of aromatic hydroxyl groups is 1. The third-order valence-corrected chi connectivity index (χ3v) is 6.44. The molecule has 1 saturated heterocycles. The van der Waals surface area contributed by atoms with Gasteiger partial charge in [0.05, 0.1) is 30.6 Å². The van der Waals surface area contributed by atoms with Crippen molar-refractivity contribution in [1.29, 1.82) is 0 Å². The maximum atomic E-state index is 13.3. The van der Waals surface area contributed by atoms with Crippen LogP contribution in [0.5, 0.6) is 5.75 Å². The Balaban J connectivity index is 1.35. The first-order valence-electron chi connectivity index (χ1n) is 12.6. The Bertz CT molecular complexity index is 1520. The third kappa shape index (κ3) is 5.34. The van der Waals surface area contributed by atoms with E-state index in [1.165, 1.54) is 10.7 Å². The summed E-state index contributed by atoms with van der Waals surface area (Å²) in [5, 5.41) is 22.4. The SMILES string of the molecule is CC(C)CC(C(=O)Nc1ccn(C[C@@H]2COC(C)(C)O2)n1)n1ncc(-n2ccc3c(O)cccc32)cc1=O. The molecule has 11 nitrogen and oxygen atoms in total. The molecule has 200 valence electrons. The first-order chi connectivity index (χ1) is 18.1. The number of aromatic nitrogens is 5. The highest BCUT2D eigenvalue weighted by Gasteiger charge is 2.33. The van der Waals surface area contributed by atoms with Crippen molar-refractivity contribution < 1.29 is 19.4 Å². The maximum Gasteiger partial charge on any atom is 0.269 e. The number of amides is 1. The zero-order valence-electron chi connectivity index (χ0n) is 21.9. The molecule has 1 unspecified atom stereocenters. The van der Waals surface area contributed by atoms with E-state index in [0.717, 1.165) is 5.52 Å². The van der Waals surface area contributed by atoms with Crippen molar-refractivity contribution in [2.75, 3.05) is 11.9 Å². The normalized spacial score (nSPS) is 17.8. The van der Waals surface area contributed by atoms with Gasteiger partial charge < -0.3 is 24.5 Å². The van der Waals surface area contributed by atoms with Gasteiger partial charge in [-0.25, -0.2) is 4.68 Å². The number of nitrogens with one attached hydrogen (secondary N) is 1. The Morgan fingerprint density at radius 1 is 1.24 bits per heavy atom. The van der Waals surface area contributed by atoms with Gasteiger partial charge in [0.25, 0.3) is 11.5 Å². The number of phenolic OH excluding ortho intramolecular Hbond substituents is 1. The van der Waals surface area contributed by atoms with Crippen LogP contribution in [0.1, 0.15) is 40.2 Å². The predicted molar refractivity (Wildman–Crippen MR) is 141 cm³/mol. The number of hydrogen-bond donors (Lipinski definition) is 2. The second-order valence-electron chi connectivity index (χ2n) is 10.4. The molecule has 0 aliphatic carbocycles. The monoisotopic (exact) mass is 520 g/mol. The van der Waals surface area contributed by atoms with E-state index in [1.54, 1.807) is 52.1 Å². The number of hydrogen-bond acceptors (Lipinski definition) is 7. The van der Waals surface area contributed by atoms with Crippen LogP contribution in [0.15, 0.2) is 59.8 Å². The van der Waals surface area contributed by atoms with Gasteiger partial charge in [0.2, 0.25) is 0 Å². The van der Waals surface area contributed by atoms with Gasteiger partial charge in [-0.1, -0.05) is 19.9 Å². The molecule has 1 aliphatic rings. The Hall–Kier alpha value is -3.96. The second kappa shape index (κ2) is 10.1. The molecule has 5 rings (SSSR count). The standard InChI is InChI=1S/C27H32N6O5/c1-17(2)12-22(26(36)29-24-9-10-31(30-24)15-19-16-37-27(3,4)38-19)33-25(35)13-18(14-28-33)32-11-8-20-21(32)6-5-7-23(20)34/h5-11,13-14,17,19,22,34H,12,15-16H2,1-4H3,(H,29,30,36)/t19-,22?/m1/s1. The zero-order valence-corrected chi connectivity index (χ0v) is 21.9. The maximum absolute atomic E-state index is 13.3. The summed E-state index contributed by atoms with van der Waals surface area (Å²) >= 11 is 0. The minimum absolute atomic E-state index is 0.134. The molecule has 2 N–H and O–H groups in total. The fraction of sp³-hybridized carbons (Fsp3) is 0.407. The van der Waals surface area contributed by atoms with Crippen molar-refractivity contribution in [3.05, 3.63) is 65.3 Å². The number of carbonyl (C=O) groups is 1. The number of benzene rings is 1. The van der Waals surface area contributed by atoms with Crippen molar-refractivity contribution in [2.24, 2.45) is 5.92 Å². The molecule has 38 heavy (non-hydrogen) atoms. The van der Waals surface area contributed by atoms with Crippen molar-refractivity contribution in [2.45, 2.75) is 58.6 Å². The van der Waals surface area contributed by atoms with Crippen LogP contribution in [0.4, 0.5) is 5.82 Å². The highest BCUT2D eigenvalue weighted by molar-refractivity contribution is 5.92. The summed E-state index contributed by atoms with van der Waals surface area (Å²) in [5.41, 5.74) is 0.876. The molecule has 2 atom stereocenters. The minimum atomic E-state index is -0.820. The number of nitrogens with zero attached hydrogens (tertiary/aromatic N) is 5. The average molecular weight is 521 g/mol. The third-order valence-electron chi connectivity index (χ3n) is 6.44. The first kappa shape index (κ1) is 25.7. The van der Waals surface area contributed by atoms with Gasteiger partial charge in [0.1, 0.15) is 17.9 Å². The second-order valence-corrected chi connectivity index (χ2v) is 10.4. The summed E-state index contributed by atoms with van der Waals surface area (Å²) in [7, 11) is 0. The predicted octanol–water partition coefficient (Wildman–Crippen LogP) is 3.47. The Kier molecular flexibility index (Phi) is 6.80. The molecule has 11 heteroatoms. The van der Waals surface area contributed by atoms with E-state index in [0.29, 0.717) is 36.5 Å². The summed E-state index contributed by atoms with van der Waals surface area (Å²) in [6.07, 6.45) is 5.36. The smallest absolute Gasteiger partial charge is 0.269 e. The summed E-state index contributed by atoms with van der Waals surface area (Å²) in [6.45, 7) is 8.66. The molecular formula is C27H32N6O5. The summed E-state index contributed by atoms with van der Waals surface area (Å²) < 4.78 is 16.1. The van der Waals surface area contributed by atoms with Gasteiger partial charge in [0.15, 0.2) is 11.6 Å². The number of anilines is 1. The van der Waals surface area contributed by atoms with Crippen molar-refractivity contribution in [3.8, 4) is 11.4 Å². The Morgan fingerprint density at radius 2 is 2.05 bits per heavy atom. The fourth-order valence-corrected chi connectivity index (χ4v) is 4.72. The molecular weight excluding hydrogens is 488 g/mol. The van der Waals surface area contributed by atoms with E-state index >= 15 is 0 Å². The lowest BCUT2D eigenvalue weighted by molar-refractivity contribution is -0.139. The van der Waals surface area contributed by atoms with Crippen LogP contribution in [0.3, 0.4) is 0 Å². The zero-order chi connectivity index (χ0) is 27.0. The van der Waals surface area contributed by atoms with E-state index < -0.39 is 17.4 Å². The van der Waals surface area contributed by atoms with E-state index in [4.69, 9.17) is 9.47 Å². The molecule has 0 saturated carbocycles. The molecule has 1 aliphatic heterocycles. The topological polar surface area (TPSA) is 125 Å². The quantitative estimate of drug-likeness (QED) is 0.364. The van der Waals surface area contributed by atoms with Crippen LogP contribution < -0.4 is 10.9 Å². The number of fused-ring (bicyclic) bond motifs is 1. The fourth-order valence-electron chi connectivity index (χ4n) is 4.72. The van der Waals surface area contributed by atoms with Gasteiger partial charge in [-0.2, -0.15) is 10.2 Å². The first-order valence-corrected chi connectivity index (χ1v) is 12.6. The number of carbonyl (C=O) groups excluding carboxylic acids is 1. The van der Waals surface area contributed by atoms with Crippen LogP contribution in [0, 0.1) is 5.92 Å². The number of phenols is 1. The van der Waals surface area contributed by atoms with Gasteiger partial charge in [-0.3, -0.25) is 14.3 Å². The van der Waals surface area contributed by atoms with Gasteiger partial charge >= 0.3 is 0 Å². The lowest BCUT2D eigenvalue weighted by atomic mass is 10.0. The van der Waals surface area contributed by atoms with E-state index in [-0.39, 0.29) is 23.7 Å². The van der Waals surface area contributed by atoms with Crippen molar-refractivity contribution in [3.63, 3.8) is 0 Å². The molecule has 4 aromatic rings. The van der Waals surface area contributed by atoms with Crippen molar-refractivity contribution >= 4 is 22.6 Å². The van der Waals surface area contributed by atoms with Crippen LogP contribution in [-0.4, -0.2) is 53.6 Å². The molecule has 1 fully saturated rings. The minimum Gasteiger partial charge on any atom is -0.507 e. The summed E-state index contributed by atoms with van der Waals surface area (Å²) in [5.74, 6) is -0.317. The highest BCUT2D eigenvalue weighted by Crippen LogP contribution is 2.27. The molecule has 0 radical (unpaired) electrons. The highest BCUT2D eigenvalue weighted by atomic mass is 16.7.